The molecule has 2 N–H and O–H groups in total. The highest BCUT2D eigenvalue weighted by atomic mass is 35.5. The van der Waals surface area contributed by atoms with Crippen molar-refractivity contribution in [3.05, 3.63) is 59.0 Å². The van der Waals surface area contributed by atoms with E-state index in [2.05, 4.69) is 24.7 Å². The smallest absolute Gasteiger partial charge is 0.115 e. The van der Waals surface area contributed by atoms with Crippen molar-refractivity contribution in [3.63, 3.8) is 0 Å². The Bertz CT molecular complexity index is 549. The van der Waals surface area contributed by atoms with E-state index in [0.29, 0.717) is 12.5 Å². The molecule has 0 atom stereocenters. The van der Waals surface area contributed by atoms with Gasteiger partial charge in [0, 0.05) is 12.9 Å². The van der Waals surface area contributed by atoms with E-state index in [-0.39, 0.29) is 10.9 Å². The zero-order valence-corrected chi connectivity index (χ0v) is 24.1. The number of hydrogen-bond acceptors (Lipinski definition) is 3. The normalized spacial score (nSPS) is 11.0. The first-order valence-electron chi connectivity index (χ1n) is 10.6. The average Bonchev–Trinajstić information content (AvgIpc) is 2.67. The molecule has 0 saturated carbocycles. The summed E-state index contributed by atoms with van der Waals surface area (Å²) in [6.45, 7) is 24.8. The van der Waals surface area contributed by atoms with Crippen LogP contribution in [0.3, 0.4) is 0 Å². The lowest BCUT2D eigenvalue weighted by Gasteiger charge is -2.09. The number of halogens is 3. The number of nitrogens with zero attached hydrogens (tertiary/aromatic N) is 2. The monoisotopic (exact) mass is 493 g/mol. The van der Waals surface area contributed by atoms with E-state index < -0.39 is 0 Å². The molecule has 0 aliphatic heterocycles. The number of nitrogens with two attached hydrogens (primary N) is 1. The van der Waals surface area contributed by atoms with Gasteiger partial charge in [0.15, 0.2) is 0 Å². The van der Waals surface area contributed by atoms with Crippen LogP contribution in [-0.2, 0) is 0 Å². The zero-order valence-electron chi connectivity index (χ0n) is 22.6. The topological polar surface area (TPSA) is 41.6 Å². The summed E-state index contributed by atoms with van der Waals surface area (Å²) in [6.07, 6.45) is 4.19. The Labute approximate surface area is 209 Å². The maximum absolute atomic E-state index is 12.6. The number of aliphatic imine (C=N–C) groups is 1. The van der Waals surface area contributed by atoms with Crippen molar-refractivity contribution in [2.45, 2.75) is 54.9 Å². The van der Waals surface area contributed by atoms with Crippen LogP contribution in [0, 0.1) is 5.92 Å². The second-order valence-electron chi connectivity index (χ2n) is 7.46. The molecule has 0 unspecified atom stereocenters. The molecular formula is C26H50Cl2FN3. The Morgan fingerprint density at radius 2 is 1.41 bits per heavy atom. The number of rotatable bonds is 6. The van der Waals surface area contributed by atoms with Gasteiger partial charge in [0.25, 0.3) is 0 Å². The van der Waals surface area contributed by atoms with Crippen LogP contribution in [0.4, 0.5) is 4.39 Å². The van der Waals surface area contributed by atoms with Crippen LogP contribution in [0.2, 0.25) is 0 Å². The molecule has 190 valence electrons. The lowest BCUT2D eigenvalue weighted by atomic mass is 9.99. The van der Waals surface area contributed by atoms with E-state index in [1.54, 1.807) is 19.3 Å². The lowest BCUT2D eigenvalue weighted by Crippen LogP contribution is -2.04. The highest BCUT2D eigenvalue weighted by molar-refractivity contribution is 6.31. The van der Waals surface area contributed by atoms with Crippen molar-refractivity contribution in [1.29, 1.82) is 0 Å². The maximum atomic E-state index is 12.6. The predicted octanol–water partition coefficient (Wildman–Crippen LogP) is 8.18. The van der Waals surface area contributed by atoms with E-state index in [0.717, 1.165) is 34.6 Å². The fraction of sp³-hybridized carbons (Fsp3) is 0.577. The SMILES string of the molecule is C/C(F)=C(Cl)\C=C(\CCN)C(C)C.C=C(C)C(=C)C(=C)C.CC=NC.CCCl.CN(C)C. The molecule has 0 bridgehead atoms. The van der Waals surface area contributed by atoms with Gasteiger partial charge in [-0.3, -0.25) is 0 Å². The van der Waals surface area contributed by atoms with Gasteiger partial charge in [-0.15, -0.1) is 11.6 Å². The average molecular weight is 495 g/mol. The van der Waals surface area contributed by atoms with Gasteiger partial charge in [-0.1, -0.05) is 68.8 Å². The molecule has 3 nitrogen and oxygen atoms in total. The summed E-state index contributed by atoms with van der Waals surface area (Å²) in [6, 6.07) is 0. The molecule has 0 aliphatic rings. The van der Waals surface area contributed by atoms with E-state index >= 15 is 0 Å². The second kappa shape index (κ2) is 29.8. The van der Waals surface area contributed by atoms with E-state index in [1.807, 2.05) is 67.6 Å². The Balaban J connectivity index is -0.000000109. The zero-order chi connectivity index (χ0) is 26.9. The van der Waals surface area contributed by atoms with Crippen LogP contribution in [-0.4, -0.2) is 51.7 Å². The van der Waals surface area contributed by atoms with E-state index in [4.69, 9.17) is 28.9 Å². The summed E-state index contributed by atoms with van der Waals surface area (Å²) in [5.74, 6) is 0.730. The molecule has 0 aromatic heterocycles. The quantitative estimate of drug-likeness (QED) is 0.230. The van der Waals surface area contributed by atoms with Crippen LogP contribution in [0.25, 0.3) is 0 Å². The van der Waals surface area contributed by atoms with Crippen LogP contribution in [0.5, 0.6) is 0 Å². The summed E-state index contributed by atoms with van der Waals surface area (Å²) in [7, 11) is 7.75. The molecule has 0 fully saturated rings. The van der Waals surface area contributed by atoms with Crippen LogP contribution in [0.15, 0.2) is 64.0 Å². The molecule has 0 rings (SSSR count). The summed E-state index contributed by atoms with van der Waals surface area (Å²) in [5.41, 5.74) is 9.47. The molecule has 32 heavy (non-hydrogen) atoms. The maximum Gasteiger partial charge on any atom is 0.115 e. The molecule has 0 aliphatic carbocycles. The van der Waals surface area contributed by atoms with Gasteiger partial charge in [0.1, 0.15) is 5.83 Å². The molecule has 0 heterocycles. The third-order valence-corrected chi connectivity index (χ3v) is 3.47. The third-order valence-electron chi connectivity index (χ3n) is 3.10. The number of allylic oxidation sites excluding steroid dienone is 6. The molecule has 0 amide bonds. The van der Waals surface area contributed by atoms with Crippen LogP contribution >= 0.6 is 23.2 Å². The fourth-order valence-corrected chi connectivity index (χ4v) is 1.46. The predicted molar refractivity (Wildman–Crippen MR) is 151 cm³/mol. The standard InChI is InChI=1S/C10H17ClFN.C8H12.C3H9N.C3H7N.C2H5Cl/c1-7(2)9(4-5-13)6-10(11)8(3)12;1-6(2)8(5)7(3)4;1-4(2)3;1-3-4-2;1-2-3/h6-7H,4-5,13H2,1-3H3;1,3,5H2,2,4H3;1-3H3;3H,1-2H3;2H2,1H3/b9-6-,10-8-;;;;. The van der Waals surface area contributed by atoms with Crippen molar-refractivity contribution >= 4 is 29.4 Å². The molecule has 6 heteroatoms. The van der Waals surface area contributed by atoms with Crippen molar-refractivity contribution in [1.82, 2.24) is 4.90 Å². The lowest BCUT2D eigenvalue weighted by molar-refractivity contribution is 0.505. The summed E-state index contributed by atoms with van der Waals surface area (Å²) in [4.78, 5) is 5.61. The van der Waals surface area contributed by atoms with Gasteiger partial charge < -0.3 is 15.6 Å². The first-order valence-corrected chi connectivity index (χ1v) is 11.5. The van der Waals surface area contributed by atoms with Crippen LogP contribution in [0.1, 0.15) is 54.9 Å². The Kier molecular flexibility index (Phi) is 38.3. The van der Waals surface area contributed by atoms with Crippen LogP contribution < -0.4 is 5.73 Å². The Morgan fingerprint density at radius 3 is 1.53 bits per heavy atom. The van der Waals surface area contributed by atoms with Gasteiger partial charge in [-0.2, -0.15) is 0 Å². The minimum atomic E-state index is -0.350. The van der Waals surface area contributed by atoms with E-state index in [1.165, 1.54) is 6.92 Å². The highest BCUT2D eigenvalue weighted by Gasteiger charge is 2.04. The van der Waals surface area contributed by atoms with Crippen molar-refractivity contribution < 1.29 is 4.39 Å². The fourth-order valence-electron chi connectivity index (χ4n) is 1.32. The first-order chi connectivity index (χ1) is 14.6. The molecule has 0 radical (unpaired) electrons. The minimum Gasteiger partial charge on any atom is -0.330 e. The first kappa shape index (κ1) is 41.1. The van der Waals surface area contributed by atoms with Crippen molar-refractivity contribution in [2.75, 3.05) is 40.6 Å². The molecular weight excluding hydrogens is 444 g/mol. The van der Waals surface area contributed by atoms with Gasteiger partial charge in [0.2, 0.25) is 0 Å². The second-order valence-corrected chi connectivity index (χ2v) is 8.40. The van der Waals surface area contributed by atoms with E-state index in [9.17, 15) is 4.39 Å². The Morgan fingerprint density at radius 1 is 1.09 bits per heavy atom. The summed E-state index contributed by atoms with van der Waals surface area (Å²) < 4.78 is 12.6. The molecule has 0 saturated heterocycles. The molecule has 0 aromatic carbocycles. The molecule has 0 spiro atoms. The van der Waals surface area contributed by atoms with Crippen molar-refractivity contribution in [3.8, 4) is 0 Å². The van der Waals surface area contributed by atoms with Gasteiger partial charge in [-0.25, -0.2) is 4.39 Å². The largest absolute Gasteiger partial charge is 0.330 e. The van der Waals surface area contributed by atoms with Gasteiger partial charge >= 0.3 is 0 Å². The summed E-state index contributed by atoms with van der Waals surface area (Å²) in [5, 5.41) is 0.178. The number of alkyl halides is 1. The van der Waals surface area contributed by atoms with Gasteiger partial charge in [-0.05, 0) is 85.6 Å². The Hall–Kier alpha value is -1.20. The summed E-state index contributed by atoms with van der Waals surface area (Å²) >= 11 is 10.7. The van der Waals surface area contributed by atoms with Crippen molar-refractivity contribution in [2.24, 2.45) is 16.6 Å². The third kappa shape index (κ3) is 42.8. The minimum absolute atomic E-state index is 0.178. The number of hydrogen-bond donors (Lipinski definition) is 1. The van der Waals surface area contributed by atoms with Gasteiger partial charge in [0.05, 0.1) is 5.03 Å². The molecule has 0 aromatic rings. The highest BCUT2D eigenvalue weighted by Crippen LogP contribution is 2.20.